The van der Waals surface area contributed by atoms with Crippen LogP contribution in [0, 0.1) is 5.92 Å². The average molecular weight is 475 g/mol. The lowest BCUT2D eigenvalue weighted by atomic mass is 9.82. The highest BCUT2D eigenvalue weighted by Crippen LogP contribution is 2.41. The van der Waals surface area contributed by atoms with Crippen molar-refractivity contribution >= 4 is 11.8 Å². The van der Waals surface area contributed by atoms with Crippen molar-refractivity contribution in [3.8, 4) is 11.5 Å². The largest absolute Gasteiger partial charge is 0.496 e. The Morgan fingerprint density at radius 1 is 1.21 bits per heavy atom. The molecule has 0 radical (unpaired) electrons. The van der Waals surface area contributed by atoms with E-state index in [9.17, 15) is 18.4 Å². The number of likely N-dealkylation sites (tertiary alicyclic amines) is 1. The Morgan fingerprint density at radius 2 is 1.97 bits per heavy atom. The van der Waals surface area contributed by atoms with Gasteiger partial charge in [-0.2, -0.15) is 8.78 Å². The highest BCUT2D eigenvalue weighted by Gasteiger charge is 2.41. The van der Waals surface area contributed by atoms with Gasteiger partial charge in [0.05, 0.1) is 25.1 Å². The number of para-hydroxylation sites is 1. The first-order chi connectivity index (χ1) is 16.3. The number of hydrogen-bond acceptors (Lipinski definition) is 4. The molecule has 0 saturated carbocycles. The van der Waals surface area contributed by atoms with Crippen LogP contribution in [-0.2, 0) is 9.59 Å². The second kappa shape index (κ2) is 11.8. The minimum atomic E-state index is -2.92. The second-order valence-corrected chi connectivity index (χ2v) is 8.45. The number of nitrogens with one attached hydrogen (secondary N) is 1. The highest BCUT2D eigenvalue weighted by molar-refractivity contribution is 5.85. The Kier molecular flexibility index (Phi) is 8.85. The fraction of sp³-hybridized carbons (Fsp3) is 0.462. The van der Waals surface area contributed by atoms with Crippen LogP contribution in [0.15, 0.2) is 48.5 Å². The number of carbonyl (C=O) groups excluding carboxylic acids is 2. The van der Waals surface area contributed by atoms with Crippen molar-refractivity contribution in [3.05, 3.63) is 59.7 Å². The maximum Gasteiger partial charge on any atom is 0.387 e. The Hall–Kier alpha value is -3.16. The summed E-state index contributed by atoms with van der Waals surface area (Å²) in [6.07, 6.45) is 2.46. The van der Waals surface area contributed by atoms with Gasteiger partial charge in [0, 0.05) is 18.5 Å². The molecule has 0 spiro atoms. The predicted octanol–water partition coefficient (Wildman–Crippen LogP) is 5.25. The van der Waals surface area contributed by atoms with Gasteiger partial charge in [-0.05, 0) is 43.5 Å². The maximum atomic E-state index is 13.5. The van der Waals surface area contributed by atoms with Crippen molar-refractivity contribution < 1.29 is 27.8 Å². The Morgan fingerprint density at radius 3 is 2.68 bits per heavy atom. The molecule has 3 unspecified atom stereocenters. The van der Waals surface area contributed by atoms with Gasteiger partial charge in [0.2, 0.25) is 11.8 Å². The number of nitrogens with zero attached hydrogens (tertiary/aromatic N) is 1. The summed E-state index contributed by atoms with van der Waals surface area (Å²) in [4.78, 5) is 28.2. The summed E-state index contributed by atoms with van der Waals surface area (Å²) < 4.78 is 35.2. The number of alkyl halides is 2. The quantitative estimate of drug-likeness (QED) is 0.511. The summed E-state index contributed by atoms with van der Waals surface area (Å²) in [5, 5.41) is 3.01. The zero-order chi connectivity index (χ0) is 24.7. The zero-order valence-corrected chi connectivity index (χ0v) is 19.8. The summed E-state index contributed by atoms with van der Waals surface area (Å²) in [5.74, 6) is 0.0191. The van der Waals surface area contributed by atoms with E-state index in [1.807, 2.05) is 24.3 Å². The third-order valence-corrected chi connectivity index (χ3v) is 6.20. The Bertz CT molecular complexity index is 985. The number of ether oxygens (including phenoxy) is 2. The number of methoxy groups -OCH3 is 1. The van der Waals surface area contributed by atoms with Gasteiger partial charge >= 0.3 is 6.61 Å². The van der Waals surface area contributed by atoms with E-state index >= 15 is 0 Å². The highest BCUT2D eigenvalue weighted by atomic mass is 19.3. The van der Waals surface area contributed by atoms with Crippen molar-refractivity contribution in [2.75, 3.05) is 13.7 Å². The first-order valence-corrected chi connectivity index (χ1v) is 11.6. The van der Waals surface area contributed by atoms with Crippen LogP contribution in [0.4, 0.5) is 8.78 Å². The topological polar surface area (TPSA) is 67.9 Å². The Balaban J connectivity index is 1.87. The first kappa shape index (κ1) is 25.5. The van der Waals surface area contributed by atoms with E-state index in [-0.39, 0.29) is 17.6 Å². The van der Waals surface area contributed by atoms with Crippen molar-refractivity contribution in [2.45, 2.75) is 58.2 Å². The summed E-state index contributed by atoms with van der Waals surface area (Å²) in [7, 11) is 1.57. The maximum absolute atomic E-state index is 13.5. The van der Waals surface area contributed by atoms with Gasteiger partial charge in [-0.1, -0.05) is 43.7 Å². The molecule has 1 heterocycles. The van der Waals surface area contributed by atoms with Crippen LogP contribution in [0.1, 0.15) is 62.7 Å². The minimum absolute atomic E-state index is 0.0262. The minimum Gasteiger partial charge on any atom is -0.496 e. The van der Waals surface area contributed by atoms with Gasteiger partial charge in [-0.15, -0.1) is 0 Å². The molecule has 1 aliphatic rings. The molecular weight excluding hydrogens is 442 g/mol. The standard InChI is InChI=1S/C26H32F2N2O4/c1-4-5-15-30-23(31)14-13-21(24(30)20-11-6-7-12-22(20)33-3)25(32)29-17(2)18-9-8-10-19(16-18)34-26(27)28/h6-12,16-17,21,24,26H,4-5,13-15H2,1-3H3,(H,29,32). The molecule has 1 aliphatic heterocycles. The normalized spacial score (nSPS) is 19.1. The monoisotopic (exact) mass is 474 g/mol. The average Bonchev–Trinajstić information content (AvgIpc) is 2.82. The summed E-state index contributed by atoms with van der Waals surface area (Å²) in [6.45, 7) is 1.49. The van der Waals surface area contributed by atoms with E-state index in [1.165, 1.54) is 12.1 Å². The molecule has 0 aromatic heterocycles. The van der Waals surface area contributed by atoms with Crippen molar-refractivity contribution in [1.82, 2.24) is 10.2 Å². The molecule has 8 heteroatoms. The lowest BCUT2D eigenvalue weighted by molar-refractivity contribution is -0.143. The summed E-state index contributed by atoms with van der Waals surface area (Å²) in [6, 6.07) is 12.9. The Labute approximate surface area is 199 Å². The van der Waals surface area contributed by atoms with Crippen molar-refractivity contribution in [3.63, 3.8) is 0 Å². The molecular formula is C26H32F2N2O4. The van der Waals surface area contributed by atoms with Gasteiger partial charge in [0.1, 0.15) is 11.5 Å². The molecule has 2 aromatic rings. The molecule has 0 aliphatic carbocycles. The number of hydrogen-bond donors (Lipinski definition) is 1. The number of rotatable bonds is 10. The fourth-order valence-corrected chi connectivity index (χ4v) is 4.48. The molecule has 3 rings (SSSR count). The van der Waals surface area contributed by atoms with Crippen LogP contribution in [0.2, 0.25) is 0 Å². The van der Waals surface area contributed by atoms with E-state index < -0.39 is 24.6 Å². The second-order valence-electron chi connectivity index (χ2n) is 8.45. The third kappa shape index (κ3) is 6.04. The van der Waals surface area contributed by atoms with Gasteiger partial charge in [-0.25, -0.2) is 0 Å². The lowest BCUT2D eigenvalue weighted by Crippen LogP contribution is -2.48. The molecule has 2 amide bonds. The van der Waals surface area contributed by atoms with Crippen LogP contribution < -0.4 is 14.8 Å². The van der Waals surface area contributed by atoms with Gasteiger partial charge < -0.3 is 19.7 Å². The van der Waals surface area contributed by atoms with Gasteiger partial charge in [0.25, 0.3) is 0 Å². The molecule has 2 aromatic carbocycles. The van der Waals surface area contributed by atoms with E-state index in [4.69, 9.17) is 4.74 Å². The molecule has 1 N–H and O–H groups in total. The van der Waals surface area contributed by atoms with E-state index in [0.717, 1.165) is 18.4 Å². The number of carbonyl (C=O) groups is 2. The number of amides is 2. The fourth-order valence-electron chi connectivity index (χ4n) is 4.48. The molecule has 34 heavy (non-hydrogen) atoms. The number of halogens is 2. The smallest absolute Gasteiger partial charge is 0.387 e. The molecule has 0 bridgehead atoms. The van der Waals surface area contributed by atoms with E-state index in [0.29, 0.717) is 30.7 Å². The molecule has 6 nitrogen and oxygen atoms in total. The van der Waals surface area contributed by atoms with Gasteiger partial charge in [0.15, 0.2) is 0 Å². The van der Waals surface area contributed by atoms with Crippen LogP contribution in [0.3, 0.4) is 0 Å². The van der Waals surface area contributed by atoms with Crippen LogP contribution in [0.5, 0.6) is 11.5 Å². The number of piperidine rings is 1. The number of unbranched alkanes of at least 4 members (excludes halogenated alkanes) is 1. The first-order valence-electron chi connectivity index (χ1n) is 11.6. The van der Waals surface area contributed by atoms with Crippen LogP contribution >= 0.6 is 0 Å². The molecule has 3 atom stereocenters. The number of benzene rings is 2. The zero-order valence-electron chi connectivity index (χ0n) is 19.8. The van der Waals surface area contributed by atoms with E-state index in [2.05, 4.69) is 17.0 Å². The van der Waals surface area contributed by atoms with E-state index in [1.54, 1.807) is 31.1 Å². The van der Waals surface area contributed by atoms with Crippen LogP contribution in [0.25, 0.3) is 0 Å². The lowest BCUT2D eigenvalue weighted by Gasteiger charge is -2.41. The van der Waals surface area contributed by atoms with Crippen molar-refractivity contribution in [1.29, 1.82) is 0 Å². The predicted molar refractivity (Wildman–Crippen MR) is 125 cm³/mol. The van der Waals surface area contributed by atoms with Crippen molar-refractivity contribution in [2.24, 2.45) is 5.92 Å². The molecule has 184 valence electrons. The third-order valence-electron chi connectivity index (χ3n) is 6.20. The van der Waals surface area contributed by atoms with Crippen LogP contribution in [-0.4, -0.2) is 37.0 Å². The summed E-state index contributed by atoms with van der Waals surface area (Å²) in [5.41, 5.74) is 1.45. The molecule has 1 saturated heterocycles. The molecule has 1 fully saturated rings. The SMILES string of the molecule is CCCCN1C(=O)CCC(C(=O)NC(C)c2cccc(OC(F)F)c2)C1c1ccccc1OC. The van der Waals surface area contributed by atoms with Gasteiger partial charge in [-0.3, -0.25) is 9.59 Å². The summed E-state index contributed by atoms with van der Waals surface area (Å²) >= 11 is 0.